The lowest BCUT2D eigenvalue weighted by molar-refractivity contribution is -0.143. The van der Waals surface area contributed by atoms with E-state index in [2.05, 4.69) is 12.6 Å². The lowest BCUT2D eigenvalue weighted by Gasteiger charge is -2.17. The molecule has 0 radical (unpaired) electrons. The molecule has 0 aliphatic carbocycles. The molecule has 0 amide bonds. The second-order valence-corrected chi connectivity index (χ2v) is 13.6. The SMILES string of the molecule is CC(C)(C)C(=O)Oc1ccccc1COS(C)(=O)=O.OCc1ccccc1O.[3H]C(S)Cc1ccccc1OC(=O)C(C)(C)C. The molecule has 9 nitrogen and oxygen atoms in total. The quantitative estimate of drug-likeness (QED) is 0.114. The highest BCUT2D eigenvalue weighted by Gasteiger charge is 2.25. The van der Waals surface area contributed by atoms with E-state index in [4.69, 9.17) is 25.2 Å². The van der Waals surface area contributed by atoms with Gasteiger partial charge in [-0.05, 0) is 77.5 Å². The number of hydrogen-bond acceptors (Lipinski definition) is 10. The van der Waals surface area contributed by atoms with E-state index in [1.165, 1.54) is 0 Å². The molecule has 0 spiro atoms. The molecule has 11 heteroatoms. The van der Waals surface area contributed by atoms with E-state index in [0.717, 1.165) is 11.8 Å². The number of para-hydroxylation sites is 3. The topological polar surface area (TPSA) is 136 Å². The summed E-state index contributed by atoms with van der Waals surface area (Å²) in [5.41, 5.74) is 0.229. The van der Waals surface area contributed by atoms with E-state index < -0.39 is 26.7 Å². The predicted molar refractivity (Wildman–Crippen MR) is 174 cm³/mol. The largest absolute Gasteiger partial charge is 0.508 e. The van der Waals surface area contributed by atoms with Crippen molar-refractivity contribution < 1.29 is 43.2 Å². The highest BCUT2D eigenvalue weighted by atomic mass is 32.2. The highest BCUT2D eigenvalue weighted by Crippen LogP contribution is 2.25. The Balaban J connectivity index is 0.000000357. The Kier molecular flexibility index (Phi) is 14.9. The summed E-state index contributed by atoms with van der Waals surface area (Å²) in [7, 11) is -3.54. The number of thiol groups is 1. The van der Waals surface area contributed by atoms with Crippen molar-refractivity contribution in [1.29, 1.82) is 0 Å². The Hall–Kier alpha value is -3.38. The maximum Gasteiger partial charge on any atom is 0.316 e. The summed E-state index contributed by atoms with van der Waals surface area (Å²) in [6.45, 7) is 10.4. The fourth-order valence-electron chi connectivity index (χ4n) is 2.91. The van der Waals surface area contributed by atoms with Crippen molar-refractivity contribution in [3.63, 3.8) is 0 Å². The maximum atomic E-state index is 11.8. The summed E-state index contributed by atoms with van der Waals surface area (Å²) in [6.07, 6.45) is 1.42. The van der Waals surface area contributed by atoms with E-state index in [1.54, 1.807) is 75.4 Å². The molecule has 1 unspecified atom stereocenters. The first-order chi connectivity index (χ1) is 20.7. The van der Waals surface area contributed by atoms with Crippen LogP contribution >= 0.6 is 12.6 Å². The highest BCUT2D eigenvalue weighted by molar-refractivity contribution is 7.85. The maximum absolute atomic E-state index is 11.8. The molecule has 0 fully saturated rings. The number of aryl methyl sites for hydroxylation is 1. The lowest BCUT2D eigenvalue weighted by atomic mass is 9.97. The standard InChI is InChI=1S/C13H18O5S.C13H18O2S.C7H8O2/c1-13(2,3)12(14)18-11-8-6-5-7-10(11)9-17-19(4,15)16;1-13(2,3)12(14)15-11-7-5-4-6-10(11)8-9-16;8-5-6-3-1-2-4-7(6)9/h5-8H,9H2,1-4H3;4-7,16H,8-9H2,1-3H3;1-4,8-9H,5H2/i;9T;. The van der Waals surface area contributed by atoms with Crippen LogP contribution in [0.3, 0.4) is 0 Å². The van der Waals surface area contributed by atoms with Crippen molar-refractivity contribution in [2.45, 2.75) is 61.2 Å². The second kappa shape index (κ2) is 17.8. The molecular weight excluding hydrogens is 604 g/mol. The molecule has 242 valence electrons. The van der Waals surface area contributed by atoms with Crippen molar-refractivity contribution >= 4 is 34.7 Å². The van der Waals surface area contributed by atoms with Gasteiger partial charge in [0.1, 0.15) is 17.2 Å². The monoisotopic (exact) mass is 650 g/mol. The molecule has 1 atom stereocenters. The van der Waals surface area contributed by atoms with E-state index in [1.807, 2.05) is 39.0 Å². The normalized spacial score (nSPS) is 12.3. The predicted octanol–water partition coefficient (Wildman–Crippen LogP) is 6.11. The van der Waals surface area contributed by atoms with Gasteiger partial charge in [0.25, 0.3) is 10.1 Å². The van der Waals surface area contributed by atoms with Crippen LogP contribution in [0, 0.1) is 10.8 Å². The minimum absolute atomic E-state index is 0.104. The average Bonchev–Trinajstić information content (AvgIpc) is 2.93. The molecule has 0 aliphatic rings. The van der Waals surface area contributed by atoms with Gasteiger partial charge in [-0.25, -0.2) is 0 Å². The van der Waals surface area contributed by atoms with Gasteiger partial charge in [0.2, 0.25) is 0 Å². The molecule has 3 aromatic rings. The van der Waals surface area contributed by atoms with E-state index in [-0.39, 0.29) is 30.9 Å². The van der Waals surface area contributed by atoms with Crippen LogP contribution in [0.4, 0.5) is 0 Å². The van der Waals surface area contributed by atoms with Gasteiger partial charge in [-0.1, -0.05) is 54.6 Å². The fourth-order valence-corrected chi connectivity index (χ4v) is 3.45. The Labute approximate surface area is 268 Å². The molecule has 44 heavy (non-hydrogen) atoms. The second-order valence-electron chi connectivity index (χ2n) is 11.6. The molecule has 2 N–H and O–H groups in total. The van der Waals surface area contributed by atoms with Crippen molar-refractivity contribution in [3.8, 4) is 17.2 Å². The average molecular weight is 651 g/mol. The zero-order valence-corrected chi connectivity index (χ0v) is 27.9. The van der Waals surface area contributed by atoms with Crippen molar-refractivity contribution in [2.75, 3.05) is 12.0 Å². The number of esters is 2. The number of hydrogen-bond donors (Lipinski definition) is 3. The lowest BCUT2D eigenvalue weighted by Crippen LogP contribution is -2.26. The molecule has 0 heterocycles. The minimum Gasteiger partial charge on any atom is -0.508 e. The molecule has 0 aromatic heterocycles. The Morgan fingerprint density at radius 2 is 1.18 bits per heavy atom. The van der Waals surface area contributed by atoms with E-state index in [9.17, 15) is 18.0 Å². The van der Waals surface area contributed by atoms with Crippen LogP contribution in [0.2, 0.25) is 0 Å². The summed E-state index contributed by atoms with van der Waals surface area (Å²) in [4.78, 5) is 23.6. The van der Waals surface area contributed by atoms with Gasteiger partial charge in [0, 0.05) is 12.5 Å². The summed E-state index contributed by atoms with van der Waals surface area (Å²) in [5.74, 6) is 0.328. The van der Waals surface area contributed by atoms with Gasteiger partial charge in [-0.15, -0.1) is 0 Å². The van der Waals surface area contributed by atoms with Gasteiger partial charge in [0.15, 0.2) is 0 Å². The number of rotatable bonds is 8. The van der Waals surface area contributed by atoms with Gasteiger partial charge >= 0.3 is 11.9 Å². The fraction of sp³-hybridized carbons (Fsp3) is 0.394. The van der Waals surface area contributed by atoms with Gasteiger partial charge < -0.3 is 19.7 Å². The van der Waals surface area contributed by atoms with Gasteiger partial charge in [-0.3, -0.25) is 13.8 Å². The number of carbonyl (C=O) groups is 2. The molecule has 3 aromatic carbocycles. The number of aromatic hydroxyl groups is 1. The number of aliphatic hydroxyl groups is 1. The number of carbonyl (C=O) groups excluding carboxylic acids is 2. The summed E-state index contributed by atoms with van der Waals surface area (Å²) < 4.78 is 44.7. The number of benzene rings is 3. The number of phenols is 1. The van der Waals surface area contributed by atoms with Crippen LogP contribution in [-0.4, -0.2) is 42.6 Å². The molecule has 0 bridgehead atoms. The van der Waals surface area contributed by atoms with Gasteiger partial charge in [-0.2, -0.15) is 21.0 Å². The molecule has 0 saturated carbocycles. The van der Waals surface area contributed by atoms with Crippen LogP contribution in [0.15, 0.2) is 72.8 Å². The van der Waals surface area contributed by atoms with Crippen molar-refractivity contribution in [2.24, 2.45) is 10.8 Å². The van der Waals surface area contributed by atoms with Crippen LogP contribution in [-0.2, 0) is 43.5 Å². The Bertz CT molecular complexity index is 1490. The summed E-state index contributed by atoms with van der Waals surface area (Å²) in [6, 6.07) is 20.6. The van der Waals surface area contributed by atoms with Crippen LogP contribution in [0.5, 0.6) is 17.2 Å². The van der Waals surface area contributed by atoms with Crippen LogP contribution < -0.4 is 9.47 Å². The molecule has 3 rings (SSSR count). The first kappa shape index (κ1) is 36.8. The summed E-state index contributed by atoms with van der Waals surface area (Å²) >= 11 is 4.03. The van der Waals surface area contributed by atoms with Crippen LogP contribution in [0.1, 0.15) is 59.6 Å². The molecular formula is C33H44O9S2. The third-order valence-electron chi connectivity index (χ3n) is 5.48. The third kappa shape index (κ3) is 14.9. The molecule has 0 saturated heterocycles. The third-order valence-corrected chi connectivity index (χ3v) is 6.21. The van der Waals surface area contributed by atoms with Crippen molar-refractivity contribution in [1.82, 2.24) is 0 Å². The number of ether oxygens (including phenoxy) is 2. The first-order valence-electron chi connectivity index (χ1n) is 14.2. The van der Waals surface area contributed by atoms with Gasteiger partial charge in [0.05, 0.1) is 30.3 Å². The van der Waals surface area contributed by atoms with Crippen molar-refractivity contribution in [3.05, 3.63) is 89.5 Å². The smallest absolute Gasteiger partial charge is 0.316 e. The van der Waals surface area contributed by atoms with Crippen LogP contribution in [0.25, 0.3) is 0 Å². The molecule has 0 aliphatic heterocycles. The van der Waals surface area contributed by atoms with E-state index in [0.29, 0.717) is 29.0 Å². The number of aliphatic hydroxyl groups excluding tert-OH is 1. The summed E-state index contributed by atoms with van der Waals surface area (Å²) in [5, 5.41) is 17.5. The first-order valence-corrected chi connectivity index (χ1v) is 16.0. The minimum atomic E-state index is -3.54. The Morgan fingerprint density at radius 3 is 1.57 bits per heavy atom. The zero-order chi connectivity index (χ0) is 34.4. The zero-order valence-electron chi connectivity index (χ0n) is 27.2. The van der Waals surface area contributed by atoms with E-state index >= 15 is 0 Å². The Morgan fingerprint density at radius 1 is 0.773 bits per heavy atom.